The summed E-state index contributed by atoms with van der Waals surface area (Å²) in [6.07, 6.45) is -11.9. The molecule has 0 atom stereocenters. The first kappa shape index (κ1) is 25.4. The molecule has 2 aromatic carbocycles. The Morgan fingerprint density at radius 3 is 1.78 bits per heavy atom. The molecule has 0 saturated heterocycles. The number of sulfonamides is 1. The number of non-ortho nitro benzene ring substituents is 1. The molecule has 1 N–H and O–H groups in total. The molecule has 0 aliphatic carbocycles. The lowest BCUT2D eigenvalue weighted by Crippen LogP contribution is -2.53. The summed E-state index contributed by atoms with van der Waals surface area (Å²) in [4.78, 5) is 9.62. The summed E-state index contributed by atoms with van der Waals surface area (Å²) < 4.78 is 105. The minimum absolute atomic E-state index is 0.193. The van der Waals surface area contributed by atoms with Crippen LogP contribution in [0.2, 0.25) is 0 Å². The first-order valence-corrected chi connectivity index (χ1v) is 10.2. The lowest BCUT2D eigenvalue weighted by molar-refractivity contribution is -0.384. The molecule has 0 fully saturated rings. The summed E-state index contributed by atoms with van der Waals surface area (Å²) in [5.41, 5.74) is -7.33. The molecule has 2 rings (SSSR count). The highest BCUT2D eigenvalue weighted by atomic mass is 32.2. The van der Waals surface area contributed by atoms with Crippen molar-refractivity contribution in [2.75, 3.05) is 10.8 Å². The van der Waals surface area contributed by atoms with E-state index in [1.165, 1.54) is 0 Å². The molecular formula is C18H16F6N2O5S. The number of nitrogens with zero attached hydrogens (tertiary/aromatic N) is 2. The molecule has 32 heavy (non-hydrogen) atoms. The lowest BCUT2D eigenvalue weighted by atomic mass is 9.92. The molecule has 0 saturated carbocycles. The van der Waals surface area contributed by atoms with Crippen molar-refractivity contribution in [3.05, 3.63) is 64.2 Å². The average molecular weight is 486 g/mol. The van der Waals surface area contributed by atoms with Crippen LogP contribution in [-0.4, -0.2) is 37.3 Å². The van der Waals surface area contributed by atoms with Crippen LogP contribution in [0.4, 0.5) is 37.7 Å². The Bertz CT molecular complexity index is 1050. The highest BCUT2D eigenvalue weighted by Crippen LogP contribution is 2.50. The first-order valence-electron chi connectivity index (χ1n) is 8.81. The molecule has 0 unspecified atom stereocenters. The van der Waals surface area contributed by atoms with Gasteiger partial charge in [0.2, 0.25) is 0 Å². The third kappa shape index (κ3) is 4.50. The van der Waals surface area contributed by atoms with E-state index in [1.54, 1.807) is 6.92 Å². The molecule has 176 valence electrons. The third-order valence-corrected chi connectivity index (χ3v) is 6.30. The second-order valence-electron chi connectivity index (χ2n) is 6.58. The molecule has 0 aliphatic rings. The van der Waals surface area contributed by atoms with E-state index in [0.29, 0.717) is 24.3 Å². The summed E-state index contributed by atoms with van der Waals surface area (Å²) in [5.74, 6) is 0. The van der Waals surface area contributed by atoms with Crippen molar-refractivity contribution in [2.45, 2.75) is 36.2 Å². The first-order chi connectivity index (χ1) is 14.6. The van der Waals surface area contributed by atoms with Gasteiger partial charge in [0, 0.05) is 24.2 Å². The minimum Gasteiger partial charge on any atom is -0.369 e. The van der Waals surface area contributed by atoms with Crippen molar-refractivity contribution < 1.29 is 44.8 Å². The van der Waals surface area contributed by atoms with Gasteiger partial charge in [-0.1, -0.05) is 19.1 Å². The largest absolute Gasteiger partial charge is 0.430 e. The Hall–Kier alpha value is -2.87. The van der Waals surface area contributed by atoms with E-state index >= 15 is 0 Å². The topological polar surface area (TPSA) is 101 Å². The SMILES string of the molecule is CCCN(c1ccc(C(O)(C(F)(F)F)C(F)(F)F)cc1)S(=O)(=O)c1ccc([N+](=O)[O-])cc1. The van der Waals surface area contributed by atoms with Gasteiger partial charge in [0.05, 0.1) is 15.5 Å². The Balaban J connectivity index is 2.52. The van der Waals surface area contributed by atoms with Gasteiger partial charge in [-0.15, -0.1) is 0 Å². The third-order valence-electron chi connectivity index (χ3n) is 4.46. The molecule has 0 aliphatic heterocycles. The molecule has 14 heteroatoms. The normalized spacial score (nSPS) is 13.1. The van der Waals surface area contributed by atoms with E-state index in [1.807, 2.05) is 0 Å². The van der Waals surface area contributed by atoms with Gasteiger partial charge in [0.1, 0.15) is 0 Å². The van der Waals surface area contributed by atoms with Crippen LogP contribution in [0, 0.1) is 10.1 Å². The molecule has 0 radical (unpaired) electrons. The van der Waals surface area contributed by atoms with E-state index in [9.17, 15) is 50.0 Å². The van der Waals surface area contributed by atoms with Gasteiger partial charge in [0.15, 0.2) is 0 Å². The van der Waals surface area contributed by atoms with Gasteiger partial charge >= 0.3 is 12.4 Å². The predicted molar refractivity (Wildman–Crippen MR) is 100 cm³/mol. The van der Waals surface area contributed by atoms with Gasteiger partial charge < -0.3 is 5.11 Å². The molecule has 0 bridgehead atoms. The number of nitro benzene ring substituents is 1. The number of alkyl halides is 6. The van der Waals surface area contributed by atoms with Crippen molar-refractivity contribution in [2.24, 2.45) is 0 Å². The van der Waals surface area contributed by atoms with Gasteiger partial charge in [0.25, 0.3) is 21.3 Å². The fraction of sp³-hybridized carbons (Fsp3) is 0.333. The van der Waals surface area contributed by atoms with E-state index in [2.05, 4.69) is 0 Å². The van der Waals surface area contributed by atoms with Crippen LogP contribution >= 0.6 is 0 Å². The van der Waals surface area contributed by atoms with Gasteiger partial charge in [-0.25, -0.2) is 8.42 Å². The Morgan fingerprint density at radius 2 is 1.41 bits per heavy atom. The fourth-order valence-electron chi connectivity index (χ4n) is 2.82. The van der Waals surface area contributed by atoms with E-state index in [0.717, 1.165) is 28.6 Å². The second kappa shape index (κ2) is 8.58. The summed E-state index contributed by atoms with van der Waals surface area (Å²) in [5, 5.41) is 20.2. The number of nitro groups is 1. The number of benzene rings is 2. The van der Waals surface area contributed by atoms with Crippen molar-refractivity contribution in [1.82, 2.24) is 0 Å². The fourth-order valence-corrected chi connectivity index (χ4v) is 4.37. The summed E-state index contributed by atoms with van der Waals surface area (Å²) in [6.45, 7) is 1.39. The summed E-state index contributed by atoms with van der Waals surface area (Å²) in [7, 11) is -4.36. The summed E-state index contributed by atoms with van der Waals surface area (Å²) in [6, 6.07) is 5.87. The Labute approximate surface area is 178 Å². The van der Waals surface area contributed by atoms with Crippen molar-refractivity contribution >= 4 is 21.4 Å². The smallest absolute Gasteiger partial charge is 0.369 e. The highest BCUT2D eigenvalue weighted by molar-refractivity contribution is 7.92. The van der Waals surface area contributed by atoms with Crippen LogP contribution in [0.5, 0.6) is 0 Å². The number of hydrogen-bond donors (Lipinski definition) is 1. The quantitative estimate of drug-likeness (QED) is 0.353. The minimum atomic E-state index is -6.08. The molecule has 7 nitrogen and oxygen atoms in total. The number of aliphatic hydroxyl groups is 1. The number of hydrogen-bond acceptors (Lipinski definition) is 5. The Morgan fingerprint density at radius 1 is 0.938 bits per heavy atom. The molecule has 0 aromatic heterocycles. The number of halogens is 6. The lowest BCUT2D eigenvalue weighted by Gasteiger charge is -2.33. The summed E-state index contributed by atoms with van der Waals surface area (Å²) >= 11 is 0. The molecule has 0 amide bonds. The molecular weight excluding hydrogens is 470 g/mol. The van der Waals surface area contributed by atoms with Crippen molar-refractivity contribution in [3.63, 3.8) is 0 Å². The maximum Gasteiger partial charge on any atom is 0.430 e. The zero-order valence-electron chi connectivity index (χ0n) is 16.2. The van der Waals surface area contributed by atoms with E-state index < -0.39 is 38.5 Å². The second-order valence-corrected chi connectivity index (χ2v) is 8.44. The zero-order valence-corrected chi connectivity index (χ0v) is 17.0. The average Bonchev–Trinajstić information content (AvgIpc) is 2.69. The van der Waals surface area contributed by atoms with Gasteiger partial charge in [-0.3, -0.25) is 14.4 Å². The van der Waals surface area contributed by atoms with Crippen molar-refractivity contribution in [3.8, 4) is 0 Å². The monoisotopic (exact) mass is 486 g/mol. The van der Waals surface area contributed by atoms with Crippen LogP contribution in [0.25, 0.3) is 0 Å². The molecule has 0 spiro atoms. The van der Waals surface area contributed by atoms with Crippen LogP contribution in [0.15, 0.2) is 53.4 Å². The Kier molecular flexibility index (Phi) is 6.81. The van der Waals surface area contributed by atoms with E-state index in [4.69, 9.17) is 0 Å². The maximum absolute atomic E-state index is 13.0. The van der Waals surface area contributed by atoms with Crippen LogP contribution in [0.3, 0.4) is 0 Å². The highest BCUT2D eigenvalue weighted by Gasteiger charge is 2.71. The maximum atomic E-state index is 13.0. The van der Waals surface area contributed by atoms with E-state index in [-0.39, 0.29) is 29.2 Å². The van der Waals surface area contributed by atoms with Crippen molar-refractivity contribution in [1.29, 1.82) is 0 Å². The van der Waals surface area contributed by atoms with Crippen LogP contribution in [-0.2, 0) is 15.6 Å². The molecule has 2 aromatic rings. The van der Waals surface area contributed by atoms with Crippen LogP contribution < -0.4 is 4.31 Å². The number of anilines is 1. The number of rotatable bonds is 7. The molecule has 0 heterocycles. The standard InChI is InChI=1S/C18H16F6N2O5S/c1-2-11-25(32(30,31)15-9-7-14(8-10-15)26(28)29)13-5-3-12(4-6-13)16(27,17(19,20)21)18(22,23)24/h3-10,27H,2,11H2,1H3. The predicted octanol–water partition coefficient (Wildman–Crippen LogP) is 4.51. The van der Waals surface area contributed by atoms with Gasteiger partial charge in [-0.05, 0) is 30.7 Å². The zero-order chi connectivity index (χ0) is 24.5. The van der Waals surface area contributed by atoms with Crippen LogP contribution in [0.1, 0.15) is 18.9 Å². The van der Waals surface area contributed by atoms with Gasteiger partial charge in [-0.2, -0.15) is 26.3 Å².